The highest BCUT2D eigenvalue weighted by Gasteiger charge is 2.16. The van der Waals surface area contributed by atoms with E-state index in [9.17, 15) is 13.6 Å². The molecule has 164 valence electrons. The molecule has 0 saturated carbocycles. The van der Waals surface area contributed by atoms with Gasteiger partial charge in [-0.05, 0) is 39.1 Å². The van der Waals surface area contributed by atoms with Crippen molar-refractivity contribution in [3.8, 4) is 0 Å². The summed E-state index contributed by atoms with van der Waals surface area (Å²) in [5.41, 5.74) is 1.68. The van der Waals surface area contributed by atoms with Crippen LogP contribution in [0, 0.1) is 24.5 Å². The first-order valence-electron chi connectivity index (χ1n) is 9.87. The fraction of sp³-hybridized carbons (Fsp3) is 0.455. The third-order valence-corrected chi connectivity index (χ3v) is 4.94. The van der Waals surface area contributed by atoms with E-state index in [2.05, 4.69) is 18.9 Å². The highest BCUT2D eigenvalue weighted by atomic mass is 35.5. The van der Waals surface area contributed by atoms with Crippen LogP contribution in [0.3, 0.4) is 0 Å². The van der Waals surface area contributed by atoms with E-state index in [-0.39, 0.29) is 18.0 Å². The van der Waals surface area contributed by atoms with Gasteiger partial charge in [0.1, 0.15) is 16.8 Å². The summed E-state index contributed by atoms with van der Waals surface area (Å²) < 4.78 is 29.0. The Kier molecular flexibility index (Phi) is 8.55. The van der Waals surface area contributed by atoms with Crippen LogP contribution in [0.5, 0.6) is 0 Å². The Morgan fingerprint density at radius 1 is 1.27 bits per heavy atom. The van der Waals surface area contributed by atoms with Crippen LogP contribution in [0.1, 0.15) is 30.7 Å². The van der Waals surface area contributed by atoms with Gasteiger partial charge in [-0.25, -0.2) is 8.78 Å². The Balaban J connectivity index is 2.22. The van der Waals surface area contributed by atoms with Crippen molar-refractivity contribution in [2.24, 2.45) is 5.92 Å². The van der Waals surface area contributed by atoms with Crippen LogP contribution in [-0.2, 0) is 17.9 Å². The number of hydrogen-bond donors (Lipinski definition) is 0. The lowest BCUT2D eigenvalue weighted by molar-refractivity contribution is -0.126. The molecule has 8 heteroatoms. The molecule has 0 fully saturated rings. The number of nitrogens with zero attached hydrogens (tertiary/aromatic N) is 4. The van der Waals surface area contributed by atoms with E-state index in [0.717, 1.165) is 11.8 Å². The summed E-state index contributed by atoms with van der Waals surface area (Å²) in [5.74, 6) is -1.22. The summed E-state index contributed by atoms with van der Waals surface area (Å²) in [6.07, 6.45) is 3.07. The number of carbonyl (C=O) groups is 1. The van der Waals surface area contributed by atoms with Gasteiger partial charge in [0.15, 0.2) is 0 Å². The number of hydrogen-bond acceptors (Lipinski definition) is 3. The van der Waals surface area contributed by atoms with Gasteiger partial charge in [0.2, 0.25) is 5.91 Å². The van der Waals surface area contributed by atoms with Gasteiger partial charge < -0.3 is 9.80 Å². The first kappa shape index (κ1) is 24.0. The minimum absolute atomic E-state index is 0.0441. The number of amides is 1. The Hall–Kier alpha value is -2.25. The third-order valence-electron chi connectivity index (χ3n) is 4.55. The Morgan fingerprint density at radius 3 is 2.57 bits per heavy atom. The number of likely N-dealkylation sites (N-methyl/N-ethyl adjacent to an activating group) is 1. The lowest BCUT2D eigenvalue weighted by Gasteiger charge is -2.23. The number of aryl methyl sites for hydroxylation is 1. The molecule has 1 heterocycles. The molecule has 1 aromatic heterocycles. The molecule has 0 bridgehead atoms. The standard InChI is InChI=1S/C22H29ClF2N4O/c1-15(2)13-29-22(23)19(16(3)26-29)8-9-21(30)28(11-10-27(4)5)14-17-6-7-18(24)12-20(17)25/h6-9,12,15H,10-11,13-14H2,1-5H3/b9-8+. The van der Waals surface area contributed by atoms with Crippen LogP contribution < -0.4 is 0 Å². The average molecular weight is 439 g/mol. The summed E-state index contributed by atoms with van der Waals surface area (Å²) in [4.78, 5) is 16.3. The zero-order valence-corrected chi connectivity index (χ0v) is 18.9. The topological polar surface area (TPSA) is 41.4 Å². The number of benzene rings is 1. The van der Waals surface area contributed by atoms with Crippen LogP contribution in [0.25, 0.3) is 6.08 Å². The average Bonchev–Trinajstić information content (AvgIpc) is 2.90. The molecule has 0 radical (unpaired) electrons. The van der Waals surface area contributed by atoms with Crippen molar-refractivity contribution >= 4 is 23.6 Å². The Bertz CT molecular complexity index is 909. The molecule has 2 rings (SSSR count). The quantitative estimate of drug-likeness (QED) is 0.545. The smallest absolute Gasteiger partial charge is 0.246 e. The lowest BCUT2D eigenvalue weighted by Crippen LogP contribution is -2.35. The summed E-state index contributed by atoms with van der Waals surface area (Å²) in [6.45, 7) is 7.71. The molecular formula is C22H29ClF2N4O. The zero-order valence-electron chi connectivity index (χ0n) is 18.1. The van der Waals surface area contributed by atoms with Crippen molar-refractivity contribution in [2.75, 3.05) is 27.2 Å². The van der Waals surface area contributed by atoms with Crippen LogP contribution >= 0.6 is 11.6 Å². The highest BCUT2D eigenvalue weighted by molar-refractivity contribution is 6.31. The van der Waals surface area contributed by atoms with Gasteiger partial charge in [0.05, 0.1) is 5.69 Å². The second kappa shape index (κ2) is 10.7. The first-order chi connectivity index (χ1) is 14.1. The van der Waals surface area contributed by atoms with E-state index < -0.39 is 11.6 Å². The normalized spacial score (nSPS) is 11.8. The third kappa shape index (κ3) is 6.64. The minimum Gasteiger partial charge on any atom is -0.333 e. The largest absolute Gasteiger partial charge is 0.333 e. The molecule has 0 aliphatic carbocycles. The van der Waals surface area contributed by atoms with Crippen molar-refractivity contribution < 1.29 is 13.6 Å². The maximum absolute atomic E-state index is 14.1. The molecule has 0 N–H and O–H groups in total. The molecule has 0 aliphatic heterocycles. The van der Waals surface area contributed by atoms with Gasteiger partial charge in [-0.3, -0.25) is 9.48 Å². The number of carbonyl (C=O) groups excluding carboxylic acids is 1. The molecule has 0 atom stereocenters. The van der Waals surface area contributed by atoms with E-state index in [1.54, 1.807) is 10.8 Å². The molecule has 1 amide bonds. The van der Waals surface area contributed by atoms with Gasteiger partial charge in [0, 0.05) is 49.4 Å². The Morgan fingerprint density at radius 2 is 1.97 bits per heavy atom. The highest BCUT2D eigenvalue weighted by Crippen LogP contribution is 2.22. The maximum Gasteiger partial charge on any atom is 0.246 e. The van der Waals surface area contributed by atoms with Crippen molar-refractivity contribution in [2.45, 2.75) is 33.9 Å². The molecule has 0 aliphatic rings. The summed E-state index contributed by atoms with van der Waals surface area (Å²) in [7, 11) is 3.78. The summed E-state index contributed by atoms with van der Waals surface area (Å²) in [5, 5.41) is 4.92. The zero-order chi connectivity index (χ0) is 22.4. The summed E-state index contributed by atoms with van der Waals surface area (Å²) in [6, 6.07) is 3.38. The first-order valence-corrected chi connectivity index (χ1v) is 10.2. The Labute approximate surface area is 181 Å². The molecule has 2 aromatic rings. The van der Waals surface area contributed by atoms with E-state index in [1.807, 2.05) is 25.9 Å². The van der Waals surface area contributed by atoms with Crippen molar-refractivity contribution in [3.05, 3.63) is 57.9 Å². The molecule has 0 unspecified atom stereocenters. The molecule has 0 saturated heterocycles. The second-order valence-electron chi connectivity index (χ2n) is 8.00. The second-order valence-corrected chi connectivity index (χ2v) is 8.36. The molecule has 30 heavy (non-hydrogen) atoms. The van der Waals surface area contributed by atoms with Crippen LogP contribution in [0.4, 0.5) is 8.78 Å². The number of rotatable bonds is 9. The minimum atomic E-state index is -0.671. The van der Waals surface area contributed by atoms with Gasteiger partial charge in [-0.15, -0.1) is 0 Å². The van der Waals surface area contributed by atoms with Crippen LogP contribution in [0.15, 0.2) is 24.3 Å². The molecule has 5 nitrogen and oxygen atoms in total. The van der Waals surface area contributed by atoms with Gasteiger partial charge >= 0.3 is 0 Å². The fourth-order valence-electron chi connectivity index (χ4n) is 2.93. The molecule has 1 aromatic carbocycles. The monoisotopic (exact) mass is 438 g/mol. The van der Waals surface area contributed by atoms with Crippen molar-refractivity contribution in [1.29, 1.82) is 0 Å². The number of halogens is 3. The SMILES string of the molecule is Cc1nn(CC(C)C)c(Cl)c1/C=C/C(=O)N(CCN(C)C)Cc1ccc(F)cc1F. The van der Waals surface area contributed by atoms with Crippen LogP contribution in [0.2, 0.25) is 5.15 Å². The fourth-order valence-corrected chi connectivity index (χ4v) is 3.23. The van der Waals surface area contributed by atoms with Gasteiger partial charge in [-0.1, -0.05) is 31.5 Å². The van der Waals surface area contributed by atoms with E-state index >= 15 is 0 Å². The summed E-state index contributed by atoms with van der Waals surface area (Å²) >= 11 is 6.44. The maximum atomic E-state index is 14.1. The van der Waals surface area contributed by atoms with Crippen molar-refractivity contribution in [1.82, 2.24) is 19.6 Å². The van der Waals surface area contributed by atoms with E-state index in [4.69, 9.17) is 11.6 Å². The van der Waals surface area contributed by atoms with E-state index in [1.165, 1.54) is 23.1 Å². The molecule has 0 spiro atoms. The predicted molar refractivity (Wildman–Crippen MR) is 116 cm³/mol. The molecular weight excluding hydrogens is 410 g/mol. The lowest BCUT2D eigenvalue weighted by atomic mass is 10.2. The van der Waals surface area contributed by atoms with Crippen molar-refractivity contribution in [3.63, 3.8) is 0 Å². The van der Waals surface area contributed by atoms with E-state index in [0.29, 0.717) is 36.3 Å². The number of aromatic nitrogens is 2. The van der Waals surface area contributed by atoms with Gasteiger partial charge in [-0.2, -0.15) is 5.10 Å². The predicted octanol–water partition coefficient (Wildman–Crippen LogP) is 4.38. The van der Waals surface area contributed by atoms with Gasteiger partial charge in [0.25, 0.3) is 0 Å². The van der Waals surface area contributed by atoms with Crippen LogP contribution in [-0.4, -0.2) is 52.7 Å².